The monoisotopic (exact) mass is 474 g/mol. The van der Waals surface area contributed by atoms with E-state index in [0.717, 1.165) is 57.7 Å². The molecule has 1 amide bonds. The van der Waals surface area contributed by atoms with Crippen molar-refractivity contribution in [2.24, 2.45) is 5.92 Å². The van der Waals surface area contributed by atoms with Crippen molar-refractivity contribution in [1.29, 1.82) is 0 Å². The lowest BCUT2D eigenvalue weighted by atomic mass is 9.86. The van der Waals surface area contributed by atoms with Gasteiger partial charge in [-0.1, -0.05) is 30.3 Å². The van der Waals surface area contributed by atoms with Crippen LogP contribution in [0.5, 0.6) is 0 Å². The van der Waals surface area contributed by atoms with Gasteiger partial charge in [-0.3, -0.25) is 14.5 Å². The zero-order chi connectivity index (χ0) is 24.8. The molecule has 0 radical (unpaired) electrons. The van der Waals surface area contributed by atoms with Gasteiger partial charge in [0.05, 0.1) is 17.9 Å². The van der Waals surface area contributed by atoms with Gasteiger partial charge in [0.1, 0.15) is 5.60 Å². The lowest BCUT2D eigenvalue weighted by Crippen LogP contribution is -2.60. The lowest BCUT2D eigenvalue weighted by Gasteiger charge is -2.49. The molecule has 0 bridgehead atoms. The molecule has 2 aliphatic heterocycles. The smallest absolute Gasteiger partial charge is 0.334 e. The van der Waals surface area contributed by atoms with Gasteiger partial charge >= 0.3 is 11.9 Å². The van der Waals surface area contributed by atoms with Crippen LogP contribution in [-0.2, 0) is 29.5 Å². The van der Waals surface area contributed by atoms with Crippen molar-refractivity contribution in [2.45, 2.75) is 58.1 Å². The quantitative estimate of drug-likeness (QED) is 0.348. The van der Waals surface area contributed by atoms with Crippen LogP contribution in [0.3, 0.4) is 0 Å². The number of piperidine rings is 1. The number of rotatable bonds is 8. The molecular formula is C25H38N4O5. The third kappa shape index (κ3) is 6.77. The van der Waals surface area contributed by atoms with Crippen molar-refractivity contribution in [1.82, 2.24) is 20.4 Å². The van der Waals surface area contributed by atoms with Gasteiger partial charge in [-0.05, 0) is 46.1 Å². The number of benzene rings is 1. The summed E-state index contributed by atoms with van der Waals surface area (Å²) < 4.78 is 5.57. The fourth-order valence-electron chi connectivity index (χ4n) is 4.84. The molecule has 2 saturated heterocycles. The first-order valence-corrected chi connectivity index (χ1v) is 12.0. The molecule has 2 fully saturated rings. The van der Waals surface area contributed by atoms with E-state index >= 15 is 0 Å². The largest absolute Gasteiger partial charge is 0.460 e. The minimum absolute atomic E-state index is 0.0378. The molecule has 1 unspecified atom stereocenters. The molecule has 2 aliphatic rings. The standard InChI is InChI=1S/C25H38N4O5/c1-24(2,3)33-23(32)20-10-12-28(13-11-20)29-16-14-27(15-17-29)25(4,18-22(31)34-26-19-30)21-8-6-5-7-9-21/h5-9,19-20H,10-18H2,1-4H3,(H,26,30). The first kappa shape index (κ1) is 26.1. The van der Waals surface area contributed by atoms with Crippen LogP contribution in [-0.4, -0.2) is 78.1 Å². The molecule has 0 aromatic heterocycles. The molecule has 0 aliphatic carbocycles. The minimum atomic E-state index is -0.557. The van der Waals surface area contributed by atoms with Gasteiger partial charge in [0.2, 0.25) is 6.41 Å². The molecule has 0 saturated carbocycles. The van der Waals surface area contributed by atoms with Gasteiger partial charge in [0.25, 0.3) is 0 Å². The molecule has 9 heteroatoms. The summed E-state index contributed by atoms with van der Waals surface area (Å²) in [6.45, 7) is 12.7. The van der Waals surface area contributed by atoms with Gasteiger partial charge in [-0.25, -0.2) is 14.8 Å². The van der Waals surface area contributed by atoms with Gasteiger partial charge in [-0.15, -0.1) is 0 Å². The normalized spacial score (nSPS) is 20.8. The molecule has 9 nitrogen and oxygen atoms in total. The zero-order valence-electron chi connectivity index (χ0n) is 20.8. The van der Waals surface area contributed by atoms with Crippen LogP contribution in [0.25, 0.3) is 0 Å². The van der Waals surface area contributed by atoms with E-state index in [1.54, 1.807) is 0 Å². The highest BCUT2D eigenvalue weighted by atomic mass is 16.7. The number of nitrogens with zero attached hydrogens (tertiary/aromatic N) is 3. The summed E-state index contributed by atoms with van der Waals surface area (Å²) >= 11 is 0. The Balaban J connectivity index is 1.58. The van der Waals surface area contributed by atoms with Gasteiger partial charge in [0.15, 0.2) is 0 Å². The Kier molecular flexibility index (Phi) is 8.67. The average molecular weight is 475 g/mol. The third-order valence-electron chi connectivity index (χ3n) is 6.67. The van der Waals surface area contributed by atoms with E-state index in [1.807, 2.05) is 63.5 Å². The van der Waals surface area contributed by atoms with Gasteiger partial charge < -0.3 is 9.57 Å². The molecule has 1 atom stereocenters. The van der Waals surface area contributed by atoms with E-state index in [1.165, 1.54) is 0 Å². The van der Waals surface area contributed by atoms with E-state index in [0.29, 0.717) is 6.41 Å². The predicted octanol–water partition coefficient (Wildman–Crippen LogP) is 2.08. The second kappa shape index (κ2) is 11.3. The van der Waals surface area contributed by atoms with Crippen molar-refractivity contribution in [3.8, 4) is 0 Å². The van der Waals surface area contributed by atoms with Crippen LogP contribution in [0, 0.1) is 5.92 Å². The van der Waals surface area contributed by atoms with Crippen LogP contribution in [0.15, 0.2) is 30.3 Å². The number of piperazine rings is 1. The Labute approximate surface area is 202 Å². The SMILES string of the molecule is CC(C)(C)OC(=O)C1CCN(N2CCN(C(C)(CC(=O)ONC=O)c3ccccc3)CC2)CC1. The summed E-state index contributed by atoms with van der Waals surface area (Å²) in [5.41, 5.74) is 2.02. The summed E-state index contributed by atoms with van der Waals surface area (Å²) in [6, 6.07) is 9.93. The first-order chi connectivity index (χ1) is 16.1. The number of nitrogens with one attached hydrogen (secondary N) is 1. The molecular weight excluding hydrogens is 436 g/mol. The van der Waals surface area contributed by atoms with E-state index < -0.39 is 17.1 Å². The zero-order valence-corrected chi connectivity index (χ0v) is 20.8. The number of amides is 1. The minimum Gasteiger partial charge on any atom is -0.460 e. The number of carbonyl (C=O) groups excluding carboxylic acids is 3. The fraction of sp³-hybridized carbons (Fsp3) is 0.640. The first-order valence-electron chi connectivity index (χ1n) is 12.0. The van der Waals surface area contributed by atoms with Crippen molar-refractivity contribution in [2.75, 3.05) is 39.3 Å². The maximum absolute atomic E-state index is 12.4. The summed E-state index contributed by atoms with van der Waals surface area (Å²) in [7, 11) is 0. The fourth-order valence-corrected chi connectivity index (χ4v) is 4.84. The van der Waals surface area contributed by atoms with E-state index in [9.17, 15) is 14.4 Å². The molecule has 0 spiro atoms. The van der Waals surface area contributed by atoms with E-state index in [-0.39, 0.29) is 18.3 Å². The second-order valence-electron chi connectivity index (χ2n) is 10.2. The molecule has 3 rings (SSSR count). The van der Waals surface area contributed by atoms with Crippen LogP contribution < -0.4 is 5.48 Å². The maximum atomic E-state index is 12.4. The summed E-state index contributed by atoms with van der Waals surface area (Å²) in [6.07, 6.45) is 2.07. The molecule has 34 heavy (non-hydrogen) atoms. The van der Waals surface area contributed by atoms with Crippen molar-refractivity contribution < 1.29 is 24.0 Å². The highest BCUT2D eigenvalue weighted by Gasteiger charge is 2.39. The van der Waals surface area contributed by atoms with Crippen LogP contribution in [0.1, 0.15) is 52.5 Å². The number of carbonyl (C=O) groups is 3. The van der Waals surface area contributed by atoms with Gasteiger partial charge in [-0.2, -0.15) is 5.48 Å². The molecule has 1 aromatic rings. The number of hydrogen-bond donors (Lipinski definition) is 1. The number of hydrazine groups is 1. The number of hydroxylamine groups is 1. The molecule has 2 heterocycles. The number of hydrogen-bond acceptors (Lipinski definition) is 8. The highest BCUT2D eigenvalue weighted by Crippen LogP contribution is 2.33. The Morgan fingerprint density at radius 2 is 1.56 bits per heavy atom. The number of ether oxygens (including phenoxy) is 1. The van der Waals surface area contributed by atoms with Crippen molar-refractivity contribution in [3.63, 3.8) is 0 Å². The Morgan fingerprint density at radius 1 is 0.971 bits per heavy atom. The van der Waals surface area contributed by atoms with E-state index in [4.69, 9.17) is 9.57 Å². The Morgan fingerprint density at radius 3 is 2.12 bits per heavy atom. The maximum Gasteiger partial charge on any atom is 0.334 e. The molecule has 1 N–H and O–H groups in total. The van der Waals surface area contributed by atoms with Crippen LogP contribution in [0.2, 0.25) is 0 Å². The van der Waals surface area contributed by atoms with Gasteiger partial charge in [0, 0.05) is 39.3 Å². The summed E-state index contributed by atoms with van der Waals surface area (Å²) in [5, 5.41) is 4.71. The second-order valence-corrected chi connectivity index (χ2v) is 10.2. The predicted molar refractivity (Wildman–Crippen MR) is 127 cm³/mol. The molecule has 1 aromatic carbocycles. The summed E-state index contributed by atoms with van der Waals surface area (Å²) in [5.74, 6) is -0.610. The van der Waals surface area contributed by atoms with Crippen LogP contribution in [0.4, 0.5) is 0 Å². The highest BCUT2D eigenvalue weighted by molar-refractivity contribution is 5.73. The van der Waals surface area contributed by atoms with E-state index in [2.05, 4.69) is 14.9 Å². The number of esters is 1. The summed E-state index contributed by atoms with van der Waals surface area (Å²) in [4.78, 5) is 42.5. The van der Waals surface area contributed by atoms with Crippen molar-refractivity contribution >= 4 is 18.3 Å². The lowest BCUT2D eigenvalue weighted by molar-refractivity contribution is -0.165. The Hall–Kier alpha value is -2.49. The topological polar surface area (TPSA) is 91.4 Å². The third-order valence-corrected chi connectivity index (χ3v) is 6.67. The van der Waals surface area contributed by atoms with Crippen LogP contribution >= 0.6 is 0 Å². The average Bonchev–Trinajstić information content (AvgIpc) is 2.82. The Bertz CT molecular complexity index is 827. The molecule has 188 valence electrons. The van der Waals surface area contributed by atoms with Crippen molar-refractivity contribution in [3.05, 3.63) is 35.9 Å².